The summed E-state index contributed by atoms with van der Waals surface area (Å²) in [5.74, 6) is 0.626. The molecule has 10 heteroatoms. The van der Waals surface area contributed by atoms with Crippen molar-refractivity contribution in [1.29, 1.82) is 0 Å². The van der Waals surface area contributed by atoms with Gasteiger partial charge in [-0.15, -0.1) is 0 Å². The predicted octanol–water partition coefficient (Wildman–Crippen LogP) is 6.72. The van der Waals surface area contributed by atoms with E-state index >= 15 is 0 Å². The van der Waals surface area contributed by atoms with Gasteiger partial charge in [-0.25, -0.2) is 10.2 Å². The quantitative estimate of drug-likeness (QED) is 0.0899. The van der Waals surface area contributed by atoms with Crippen LogP contribution in [0.3, 0.4) is 0 Å². The smallest absolute Gasteiger partial charge is 0.343 e. The number of methoxy groups -OCH3 is 1. The number of amides is 1. The van der Waals surface area contributed by atoms with Crippen LogP contribution < -0.4 is 24.4 Å². The maximum Gasteiger partial charge on any atom is 0.343 e. The second-order valence-corrected chi connectivity index (χ2v) is 9.48. The Labute approximate surface area is 247 Å². The Morgan fingerprint density at radius 1 is 0.878 bits per heavy atom. The van der Waals surface area contributed by atoms with E-state index in [4.69, 9.17) is 42.1 Å². The number of hydrogen-bond donors (Lipinski definition) is 1. The largest absolute Gasteiger partial charge is 0.493 e. The summed E-state index contributed by atoms with van der Waals surface area (Å²) in [5, 5.41) is 4.56. The molecule has 0 spiro atoms. The van der Waals surface area contributed by atoms with Gasteiger partial charge in [0.25, 0.3) is 5.91 Å². The summed E-state index contributed by atoms with van der Waals surface area (Å²) in [6.07, 6.45) is 0.622. The molecule has 0 aliphatic heterocycles. The molecule has 0 aliphatic carbocycles. The fourth-order valence-corrected chi connectivity index (χ4v) is 3.80. The summed E-state index contributed by atoms with van der Waals surface area (Å²) in [6, 6.07) is 26.1. The molecule has 41 heavy (non-hydrogen) atoms. The summed E-state index contributed by atoms with van der Waals surface area (Å²) < 4.78 is 22.3. The van der Waals surface area contributed by atoms with Gasteiger partial charge in [0.15, 0.2) is 17.6 Å². The highest BCUT2D eigenvalue weighted by atomic mass is 35.5. The third-order valence-electron chi connectivity index (χ3n) is 5.69. The zero-order chi connectivity index (χ0) is 29.2. The van der Waals surface area contributed by atoms with Crippen LogP contribution in [-0.4, -0.2) is 31.3 Å². The predicted molar refractivity (Wildman–Crippen MR) is 157 cm³/mol. The Balaban J connectivity index is 1.28. The van der Waals surface area contributed by atoms with Gasteiger partial charge in [-0.3, -0.25) is 4.79 Å². The maximum absolute atomic E-state index is 12.5. The minimum atomic E-state index is -0.805. The van der Waals surface area contributed by atoms with Crippen LogP contribution in [0.25, 0.3) is 0 Å². The molecule has 0 aromatic heterocycles. The molecular weight excluding hydrogens is 567 g/mol. The second kappa shape index (κ2) is 14.2. The molecule has 0 saturated heterocycles. The van der Waals surface area contributed by atoms with Crippen molar-refractivity contribution in [1.82, 2.24) is 5.43 Å². The minimum absolute atomic E-state index is 0.197. The van der Waals surface area contributed by atoms with Gasteiger partial charge in [-0.05, 0) is 78.7 Å². The van der Waals surface area contributed by atoms with Crippen LogP contribution in [0.1, 0.15) is 28.4 Å². The molecule has 1 amide bonds. The van der Waals surface area contributed by atoms with Gasteiger partial charge in [0.1, 0.15) is 18.1 Å². The Morgan fingerprint density at radius 3 is 2.32 bits per heavy atom. The first kappa shape index (κ1) is 29.5. The molecule has 4 aromatic carbocycles. The maximum atomic E-state index is 12.5. The molecule has 0 saturated carbocycles. The van der Waals surface area contributed by atoms with E-state index in [9.17, 15) is 9.59 Å². The number of rotatable bonds is 11. The van der Waals surface area contributed by atoms with E-state index in [-0.39, 0.29) is 16.3 Å². The zero-order valence-corrected chi connectivity index (χ0v) is 23.7. The number of benzene rings is 4. The molecular formula is C31H26Cl2N2O6. The molecule has 0 bridgehead atoms. The minimum Gasteiger partial charge on any atom is -0.493 e. The number of hydrogen-bond acceptors (Lipinski definition) is 7. The highest BCUT2D eigenvalue weighted by Crippen LogP contribution is 2.29. The first-order valence-corrected chi connectivity index (χ1v) is 13.2. The molecule has 0 fully saturated rings. The standard InChI is InChI=1S/C31H26Cl2N2O6/c1-20(40-25-12-10-24(11-13-25)39-19-21-6-4-3-5-7-21)30(36)35-34-18-22-8-15-28(29(16-22)38-2)41-31(37)23-9-14-26(32)27(33)17-23/h3-18,20H,19H2,1-2H3,(H,35,36)/b34-18-/t20-/m0/s1. The fraction of sp³-hybridized carbons (Fsp3) is 0.129. The zero-order valence-electron chi connectivity index (χ0n) is 22.2. The number of nitrogens with one attached hydrogen (secondary N) is 1. The number of ether oxygens (including phenoxy) is 4. The van der Waals surface area contributed by atoms with E-state index in [1.165, 1.54) is 31.5 Å². The molecule has 4 aromatic rings. The van der Waals surface area contributed by atoms with E-state index in [0.717, 1.165) is 5.56 Å². The highest BCUT2D eigenvalue weighted by molar-refractivity contribution is 6.42. The summed E-state index contributed by atoms with van der Waals surface area (Å²) in [7, 11) is 1.44. The number of carbonyl (C=O) groups excluding carboxylic acids is 2. The van der Waals surface area contributed by atoms with E-state index < -0.39 is 18.0 Å². The average Bonchev–Trinajstić information content (AvgIpc) is 2.99. The number of hydrazone groups is 1. The molecule has 0 aliphatic rings. The van der Waals surface area contributed by atoms with E-state index in [2.05, 4.69) is 10.5 Å². The Hall–Kier alpha value is -4.53. The third kappa shape index (κ3) is 8.48. The highest BCUT2D eigenvalue weighted by Gasteiger charge is 2.16. The van der Waals surface area contributed by atoms with Crippen molar-refractivity contribution in [3.8, 4) is 23.0 Å². The van der Waals surface area contributed by atoms with Crippen LogP contribution in [-0.2, 0) is 11.4 Å². The summed E-state index contributed by atoms with van der Waals surface area (Å²) in [6.45, 7) is 2.07. The van der Waals surface area contributed by atoms with E-state index in [1.54, 1.807) is 49.4 Å². The van der Waals surface area contributed by atoms with Crippen LogP contribution in [0.4, 0.5) is 0 Å². The van der Waals surface area contributed by atoms with Gasteiger partial charge in [0.05, 0.1) is 28.9 Å². The third-order valence-corrected chi connectivity index (χ3v) is 6.43. The summed E-state index contributed by atoms with van der Waals surface area (Å²) in [4.78, 5) is 25.0. The fourth-order valence-electron chi connectivity index (χ4n) is 3.51. The van der Waals surface area contributed by atoms with Crippen molar-refractivity contribution in [3.05, 3.63) is 118 Å². The molecule has 0 heterocycles. The Morgan fingerprint density at radius 2 is 1.61 bits per heavy atom. The lowest BCUT2D eigenvalue weighted by atomic mass is 10.2. The Kier molecular flexibility index (Phi) is 10.2. The molecule has 210 valence electrons. The van der Waals surface area contributed by atoms with Crippen LogP contribution >= 0.6 is 23.2 Å². The monoisotopic (exact) mass is 592 g/mol. The van der Waals surface area contributed by atoms with Gasteiger partial charge < -0.3 is 18.9 Å². The van der Waals surface area contributed by atoms with Crippen molar-refractivity contribution in [2.45, 2.75) is 19.6 Å². The topological polar surface area (TPSA) is 95.5 Å². The summed E-state index contributed by atoms with van der Waals surface area (Å²) in [5.41, 5.74) is 4.34. The van der Waals surface area contributed by atoms with Gasteiger partial charge in [-0.2, -0.15) is 5.10 Å². The van der Waals surface area contributed by atoms with Crippen molar-refractivity contribution in [3.63, 3.8) is 0 Å². The summed E-state index contributed by atoms with van der Waals surface area (Å²) >= 11 is 11.9. The number of nitrogens with zero attached hydrogens (tertiary/aromatic N) is 1. The first-order valence-electron chi connectivity index (χ1n) is 12.4. The van der Waals surface area contributed by atoms with Gasteiger partial charge >= 0.3 is 5.97 Å². The lowest BCUT2D eigenvalue weighted by Crippen LogP contribution is -2.33. The molecule has 0 unspecified atom stereocenters. The van der Waals surface area contributed by atoms with E-state index in [1.807, 2.05) is 30.3 Å². The van der Waals surface area contributed by atoms with Crippen molar-refractivity contribution < 1.29 is 28.5 Å². The Bertz CT molecular complexity index is 1530. The number of carbonyl (C=O) groups is 2. The van der Waals surface area contributed by atoms with Gasteiger partial charge in [0, 0.05) is 0 Å². The van der Waals surface area contributed by atoms with E-state index in [0.29, 0.717) is 34.4 Å². The normalized spacial score (nSPS) is 11.5. The lowest BCUT2D eigenvalue weighted by Gasteiger charge is -2.13. The molecule has 0 radical (unpaired) electrons. The van der Waals surface area contributed by atoms with Crippen LogP contribution in [0, 0.1) is 0 Å². The molecule has 4 rings (SSSR count). The molecule has 1 N–H and O–H groups in total. The van der Waals surface area contributed by atoms with Gasteiger partial charge in [-0.1, -0.05) is 53.5 Å². The lowest BCUT2D eigenvalue weighted by molar-refractivity contribution is -0.127. The van der Waals surface area contributed by atoms with Crippen molar-refractivity contribution in [2.24, 2.45) is 5.10 Å². The van der Waals surface area contributed by atoms with Crippen molar-refractivity contribution in [2.75, 3.05) is 7.11 Å². The van der Waals surface area contributed by atoms with Crippen molar-refractivity contribution >= 4 is 41.3 Å². The van der Waals surface area contributed by atoms with Crippen LogP contribution in [0.15, 0.2) is 96.1 Å². The first-order chi connectivity index (χ1) is 19.8. The number of halogens is 2. The van der Waals surface area contributed by atoms with Crippen LogP contribution in [0.5, 0.6) is 23.0 Å². The molecule has 1 atom stereocenters. The number of esters is 1. The van der Waals surface area contributed by atoms with Crippen LogP contribution in [0.2, 0.25) is 10.0 Å². The molecule has 8 nitrogen and oxygen atoms in total. The average molecular weight is 593 g/mol. The SMILES string of the molecule is COc1cc(/C=N\NC(=O)[C@H](C)Oc2ccc(OCc3ccccc3)cc2)ccc1OC(=O)c1ccc(Cl)c(Cl)c1. The van der Waals surface area contributed by atoms with Gasteiger partial charge in [0.2, 0.25) is 0 Å². The second-order valence-electron chi connectivity index (χ2n) is 8.67.